The first-order valence-corrected chi connectivity index (χ1v) is 9.41. The van der Waals surface area contributed by atoms with Crippen LogP contribution in [0.1, 0.15) is 22.1 Å². The number of carbonyl (C=O) groups excluding carboxylic acids is 1. The highest BCUT2D eigenvalue weighted by atomic mass is 19.1. The molecule has 0 spiro atoms. The van der Waals surface area contributed by atoms with Crippen molar-refractivity contribution in [2.24, 2.45) is 0 Å². The van der Waals surface area contributed by atoms with E-state index in [2.05, 4.69) is 15.2 Å². The fourth-order valence-electron chi connectivity index (χ4n) is 3.63. The molecular formula is C22H22FN3O2. The van der Waals surface area contributed by atoms with Crippen molar-refractivity contribution in [1.29, 1.82) is 0 Å². The number of fused-ring (bicyclic) bond motifs is 1. The standard InChI is InChI=1S/C22H22FN3O2/c23-18-6-3-5-17(14-18)20(26-10-12-28-13-11-26)15-25-22(27)21-19-7-2-1-4-16(19)8-9-24-21/h1-9,14,20H,10-13,15H2,(H,25,27). The summed E-state index contributed by atoms with van der Waals surface area (Å²) < 4.78 is 19.2. The summed E-state index contributed by atoms with van der Waals surface area (Å²) in [5, 5.41) is 4.79. The monoisotopic (exact) mass is 379 g/mol. The zero-order valence-corrected chi connectivity index (χ0v) is 15.5. The van der Waals surface area contributed by atoms with Crippen LogP contribution in [0, 0.1) is 5.82 Å². The van der Waals surface area contributed by atoms with Gasteiger partial charge in [0.25, 0.3) is 5.91 Å². The number of nitrogens with one attached hydrogen (secondary N) is 1. The maximum atomic E-state index is 13.8. The van der Waals surface area contributed by atoms with E-state index in [1.807, 2.05) is 36.4 Å². The molecule has 1 aliphatic heterocycles. The SMILES string of the molecule is O=C(NCC(c1cccc(F)c1)N1CCOCC1)c1nccc2ccccc12. The quantitative estimate of drug-likeness (QED) is 0.740. The summed E-state index contributed by atoms with van der Waals surface area (Å²) in [6, 6.07) is 16.0. The number of hydrogen-bond donors (Lipinski definition) is 1. The van der Waals surface area contributed by atoms with Crippen molar-refractivity contribution < 1.29 is 13.9 Å². The van der Waals surface area contributed by atoms with Gasteiger partial charge in [-0.3, -0.25) is 14.7 Å². The van der Waals surface area contributed by atoms with Gasteiger partial charge in [-0.25, -0.2) is 4.39 Å². The van der Waals surface area contributed by atoms with Gasteiger partial charge in [0.15, 0.2) is 0 Å². The highest BCUT2D eigenvalue weighted by Crippen LogP contribution is 2.23. The van der Waals surface area contributed by atoms with E-state index in [0.717, 1.165) is 29.4 Å². The number of hydrogen-bond acceptors (Lipinski definition) is 4. The molecule has 1 atom stereocenters. The summed E-state index contributed by atoms with van der Waals surface area (Å²) in [6.45, 7) is 3.11. The minimum absolute atomic E-state index is 0.126. The Labute approximate surface area is 163 Å². The first-order chi connectivity index (χ1) is 13.7. The second-order valence-corrected chi connectivity index (χ2v) is 6.81. The van der Waals surface area contributed by atoms with Crippen molar-refractivity contribution in [2.45, 2.75) is 6.04 Å². The second kappa shape index (κ2) is 8.46. The molecule has 144 valence electrons. The van der Waals surface area contributed by atoms with Gasteiger partial charge in [-0.15, -0.1) is 0 Å². The highest BCUT2D eigenvalue weighted by molar-refractivity contribution is 6.05. The minimum Gasteiger partial charge on any atom is -0.379 e. The van der Waals surface area contributed by atoms with E-state index < -0.39 is 0 Å². The smallest absolute Gasteiger partial charge is 0.270 e. The largest absolute Gasteiger partial charge is 0.379 e. The van der Waals surface area contributed by atoms with Crippen molar-refractivity contribution in [3.05, 3.63) is 77.9 Å². The lowest BCUT2D eigenvalue weighted by molar-refractivity contribution is 0.0161. The summed E-state index contributed by atoms with van der Waals surface area (Å²) in [5.74, 6) is -0.510. The Morgan fingerprint density at radius 2 is 1.96 bits per heavy atom. The molecule has 6 heteroatoms. The minimum atomic E-state index is -0.280. The third kappa shape index (κ3) is 4.03. The van der Waals surface area contributed by atoms with Gasteiger partial charge < -0.3 is 10.1 Å². The van der Waals surface area contributed by atoms with Gasteiger partial charge in [-0.05, 0) is 29.1 Å². The molecule has 0 bridgehead atoms. The number of nitrogens with zero attached hydrogens (tertiary/aromatic N) is 2. The molecule has 1 unspecified atom stereocenters. The molecule has 28 heavy (non-hydrogen) atoms. The van der Waals surface area contributed by atoms with Crippen molar-refractivity contribution in [3.63, 3.8) is 0 Å². The third-order valence-corrected chi connectivity index (χ3v) is 5.06. The predicted molar refractivity (Wildman–Crippen MR) is 106 cm³/mol. The maximum absolute atomic E-state index is 13.8. The molecule has 2 aromatic carbocycles. The summed E-state index contributed by atoms with van der Waals surface area (Å²) in [5.41, 5.74) is 1.24. The van der Waals surface area contributed by atoms with Crippen LogP contribution in [-0.4, -0.2) is 48.6 Å². The van der Waals surface area contributed by atoms with Gasteiger partial charge >= 0.3 is 0 Å². The number of carbonyl (C=O) groups is 1. The Balaban J connectivity index is 1.56. The number of pyridine rings is 1. The molecule has 0 radical (unpaired) electrons. The van der Waals surface area contributed by atoms with Gasteiger partial charge in [0.05, 0.1) is 19.3 Å². The van der Waals surface area contributed by atoms with Crippen LogP contribution in [0.4, 0.5) is 4.39 Å². The molecule has 3 aromatic rings. The van der Waals surface area contributed by atoms with E-state index in [1.54, 1.807) is 12.3 Å². The molecule has 4 rings (SSSR count). The summed E-state index contributed by atoms with van der Waals surface area (Å²) >= 11 is 0. The van der Waals surface area contributed by atoms with Crippen LogP contribution in [0.3, 0.4) is 0 Å². The van der Waals surface area contributed by atoms with Gasteiger partial charge in [0.2, 0.25) is 0 Å². The topological polar surface area (TPSA) is 54.5 Å². The molecule has 1 saturated heterocycles. The van der Waals surface area contributed by atoms with E-state index in [9.17, 15) is 9.18 Å². The van der Waals surface area contributed by atoms with Crippen LogP contribution in [0.2, 0.25) is 0 Å². The molecule has 0 saturated carbocycles. The number of rotatable bonds is 5. The van der Waals surface area contributed by atoms with E-state index in [0.29, 0.717) is 25.5 Å². The molecule has 1 N–H and O–H groups in total. The third-order valence-electron chi connectivity index (χ3n) is 5.06. The first kappa shape index (κ1) is 18.5. The number of ether oxygens (including phenoxy) is 1. The van der Waals surface area contributed by atoms with E-state index in [-0.39, 0.29) is 17.8 Å². The zero-order chi connectivity index (χ0) is 19.3. The fraction of sp³-hybridized carbons (Fsp3) is 0.273. The second-order valence-electron chi connectivity index (χ2n) is 6.81. The van der Waals surface area contributed by atoms with Gasteiger partial charge in [0, 0.05) is 31.2 Å². The van der Waals surface area contributed by atoms with Crippen LogP contribution in [-0.2, 0) is 4.74 Å². The lowest BCUT2D eigenvalue weighted by atomic mass is 10.0. The molecular weight excluding hydrogens is 357 g/mol. The Bertz CT molecular complexity index is 967. The van der Waals surface area contributed by atoms with Crippen molar-refractivity contribution in [2.75, 3.05) is 32.8 Å². The van der Waals surface area contributed by atoms with Gasteiger partial charge in [-0.2, -0.15) is 0 Å². The Morgan fingerprint density at radius 1 is 1.14 bits per heavy atom. The van der Waals surface area contributed by atoms with Crippen molar-refractivity contribution in [3.8, 4) is 0 Å². The normalized spacial score (nSPS) is 16.0. The van der Waals surface area contributed by atoms with Crippen LogP contribution in [0.25, 0.3) is 10.8 Å². The van der Waals surface area contributed by atoms with Gasteiger partial charge in [0.1, 0.15) is 11.5 Å². The van der Waals surface area contributed by atoms with Crippen LogP contribution in [0.5, 0.6) is 0 Å². The number of benzene rings is 2. The summed E-state index contributed by atoms with van der Waals surface area (Å²) in [6.07, 6.45) is 1.64. The first-order valence-electron chi connectivity index (χ1n) is 9.41. The Hall–Kier alpha value is -2.83. The number of aromatic nitrogens is 1. The molecule has 1 aliphatic rings. The number of amides is 1. The van der Waals surface area contributed by atoms with E-state index >= 15 is 0 Å². The summed E-state index contributed by atoms with van der Waals surface area (Å²) in [4.78, 5) is 19.3. The molecule has 1 aromatic heterocycles. The average molecular weight is 379 g/mol. The Morgan fingerprint density at radius 3 is 2.79 bits per heavy atom. The van der Waals surface area contributed by atoms with Crippen LogP contribution in [0.15, 0.2) is 60.8 Å². The molecule has 1 amide bonds. The van der Waals surface area contributed by atoms with Crippen molar-refractivity contribution >= 4 is 16.7 Å². The fourth-order valence-corrected chi connectivity index (χ4v) is 3.63. The van der Waals surface area contributed by atoms with Crippen molar-refractivity contribution in [1.82, 2.24) is 15.2 Å². The molecule has 2 heterocycles. The molecule has 1 fully saturated rings. The summed E-state index contributed by atoms with van der Waals surface area (Å²) in [7, 11) is 0. The number of halogens is 1. The average Bonchev–Trinajstić information content (AvgIpc) is 2.74. The highest BCUT2D eigenvalue weighted by Gasteiger charge is 2.24. The lowest BCUT2D eigenvalue weighted by Gasteiger charge is -2.35. The maximum Gasteiger partial charge on any atom is 0.270 e. The number of morpholine rings is 1. The Kier molecular flexibility index (Phi) is 5.60. The van der Waals surface area contributed by atoms with Crippen LogP contribution >= 0.6 is 0 Å². The zero-order valence-electron chi connectivity index (χ0n) is 15.5. The molecule has 0 aliphatic carbocycles. The van der Waals surface area contributed by atoms with E-state index in [1.165, 1.54) is 12.1 Å². The van der Waals surface area contributed by atoms with E-state index in [4.69, 9.17) is 4.74 Å². The lowest BCUT2D eigenvalue weighted by Crippen LogP contribution is -2.44. The molecule has 5 nitrogen and oxygen atoms in total. The van der Waals surface area contributed by atoms with Gasteiger partial charge in [-0.1, -0.05) is 36.4 Å². The van der Waals surface area contributed by atoms with Crippen LogP contribution < -0.4 is 5.32 Å². The predicted octanol–water partition coefficient (Wildman–Crippen LogP) is 3.18.